The lowest BCUT2D eigenvalue weighted by atomic mass is 9.92. The predicted molar refractivity (Wildman–Crippen MR) is 80.2 cm³/mol. The highest BCUT2D eigenvalue weighted by Crippen LogP contribution is 2.48. The van der Waals surface area contributed by atoms with E-state index in [1.54, 1.807) is 36.4 Å². The molecule has 0 N–H and O–H groups in total. The molecule has 21 heavy (non-hydrogen) atoms. The van der Waals surface area contributed by atoms with Gasteiger partial charge in [0.25, 0.3) is 0 Å². The minimum absolute atomic E-state index is 0.389. The van der Waals surface area contributed by atoms with E-state index in [4.69, 9.17) is 0 Å². The minimum Gasteiger partial charge on any atom is -0.288 e. The molecular weight excluding hydrogens is 413 g/mol. The molecule has 2 aromatic rings. The molecule has 2 aromatic carbocycles. The Kier molecular flexibility index (Phi) is 3.48. The van der Waals surface area contributed by atoms with Gasteiger partial charge in [-0.25, -0.2) is 0 Å². The average molecular weight is 420 g/mol. The lowest BCUT2D eigenvalue weighted by Crippen LogP contribution is -2.28. The van der Waals surface area contributed by atoms with Crippen molar-refractivity contribution in [1.82, 2.24) is 0 Å². The number of Topliss-reactive ketones (excluding diaryl/α,β-unsaturated/α-hetero) is 1. The highest BCUT2D eigenvalue weighted by atomic mass is 79.9. The van der Waals surface area contributed by atoms with Crippen LogP contribution in [0.4, 0.5) is 13.2 Å². The molecule has 0 unspecified atom stereocenters. The monoisotopic (exact) mass is 418 g/mol. The molecule has 0 heterocycles. The van der Waals surface area contributed by atoms with Crippen molar-refractivity contribution in [2.45, 2.75) is 12.1 Å². The van der Waals surface area contributed by atoms with Gasteiger partial charge < -0.3 is 0 Å². The standard InChI is InChI=1S/C15H7Br2F3O/c16-7-1-3-9-10-4-2-8(17)6-12(10)13(11(9)5-7)14(21)15(18,19)20/h1-6,13H. The number of carbonyl (C=O) groups excluding carboxylic acids is 1. The van der Waals surface area contributed by atoms with Crippen LogP contribution in [0.25, 0.3) is 11.1 Å². The Balaban J connectivity index is 2.27. The largest absolute Gasteiger partial charge is 0.450 e. The summed E-state index contributed by atoms with van der Waals surface area (Å²) in [5.41, 5.74) is 2.12. The second-order valence-corrected chi connectivity index (χ2v) is 6.59. The zero-order valence-electron chi connectivity index (χ0n) is 10.3. The third-order valence-corrected chi connectivity index (χ3v) is 4.47. The maximum atomic E-state index is 12.9. The molecule has 0 atom stereocenters. The number of benzene rings is 2. The van der Waals surface area contributed by atoms with Gasteiger partial charge in [-0.15, -0.1) is 0 Å². The van der Waals surface area contributed by atoms with Crippen LogP contribution in [-0.4, -0.2) is 12.0 Å². The summed E-state index contributed by atoms with van der Waals surface area (Å²) in [7, 11) is 0. The predicted octanol–water partition coefficient (Wildman–Crippen LogP) is 5.46. The summed E-state index contributed by atoms with van der Waals surface area (Å²) >= 11 is 6.50. The van der Waals surface area contributed by atoms with E-state index in [-0.39, 0.29) is 0 Å². The Morgan fingerprint density at radius 2 is 1.33 bits per heavy atom. The lowest BCUT2D eigenvalue weighted by molar-refractivity contribution is -0.171. The fourth-order valence-corrected chi connectivity index (χ4v) is 3.41. The molecule has 0 bridgehead atoms. The molecule has 0 aliphatic heterocycles. The summed E-state index contributed by atoms with van der Waals surface area (Å²) in [6, 6.07) is 10.1. The van der Waals surface area contributed by atoms with Gasteiger partial charge in [-0.3, -0.25) is 4.79 Å². The number of fused-ring (bicyclic) bond motifs is 3. The number of rotatable bonds is 1. The van der Waals surface area contributed by atoms with Gasteiger partial charge in [0, 0.05) is 8.95 Å². The maximum absolute atomic E-state index is 12.9. The van der Waals surface area contributed by atoms with Gasteiger partial charge in [0.15, 0.2) is 0 Å². The van der Waals surface area contributed by atoms with Crippen LogP contribution in [-0.2, 0) is 4.79 Å². The van der Waals surface area contributed by atoms with Gasteiger partial charge in [0.2, 0.25) is 5.78 Å². The Bertz CT molecular complexity index is 702. The first-order valence-electron chi connectivity index (χ1n) is 5.99. The molecule has 0 aromatic heterocycles. The number of halogens is 5. The fourth-order valence-electron chi connectivity index (χ4n) is 2.65. The normalized spacial score (nSPS) is 14.0. The van der Waals surface area contributed by atoms with Crippen LogP contribution >= 0.6 is 31.9 Å². The smallest absolute Gasteiger partial charge is 0.288 e. The second-order valence-electron chi connectivity index (χ2n) is 4.76. The fraction of sp³-hybridized carbons (Fsp3) is 0.133. The van der Waals surface area contributed by atoms with Gasteiger partial charge in [0.05, 0.1) is 5.92 Å². The zero-order valence-corrected chi connectivity index (χ0v) is 13.5. The number of ketones is 1. The lowest BCUT2D eigenvalue weighted by Gasteiger charge is -2.15. The van der Waals surface area contributed by atoms with E-state index < -0.39 is 17.9 Å². The Morgan fingerprint density at radius 3 is 1.71 bits per heavy atom. The van der Waals surface area contributed by atoms with Crippen LogP contribution in [0.3, 0.4) is 0 Å². The van der Waals surface area contributed by atoms with E-state index >= 15 is 0 Å². The summed E-state index contributed by atoms with van der Waals surface area (Å²) in [5, 5.41) is 0. The molecular formula is C15H7Br2F3O. The Hall–Kier alpha value is -1.14. The van der Waals surface area contributed by atoms with Crippen molar-refractivity contribution in [3.63, 3.8) is 0 Å². The minimum atomic E-state index is -4.87. The van der Waals surface area contributed by atoms with Crippen molar-refractivity contribution < 1.29 is 18.0 Å². The Labute approximate surface area is 135 Å². The van der Waals surface area contributed by atoms with E-state index in [0.717, 1.165) is 0 Å². The molecule has 1 nitrogen and oxygen atoms in total. The van der Waals surface area contributed by atoms with E-state index in [1.165, 1.54) is 0 Å². The molecule has 0 amide bonds. The molecule has 108 valence electrons. The van der Waals surface area contributed by atoms with E-state index in [1.807, 2.05) is 0 Å². The summed E-state index contributed by atoms with van der Waals surface area (Å²) in [6.45, 7) is 0. The Morgan fingerprint density at radius 1 is 0.905 bits per heavy atom. The summed E-state index contributed by atoms with van der Waals surface area (Å²) in [5.74, 6) is -3.04. The average Bonchev–Trinajstić information content (AvgIpc) is 2.69. The van der Waals surface area contributed by atoms with Gasteiger partial charge in [0.1, 0.15) is 0 Å². The summed E-state index contributed by atoms with van der Waals surface area (Å²) < 4.78 is 40.0. The van der Waals surface area contributed by atoms with Gasteiger partial charge >= 0.3 is 6.18 Å². The summed E-state index contributed by atoms with van der Waals surface area (Å²) in [6.07, 6.45) is -4.87. The van der Waals surface area contributed by atoms with Gasteiger partial charge in [-0.1, -0.05) is 44.0 Å². The van der Waals surface area contributed by atoms with Crippen LogP contribution < -0.4 is 0 Å². The first kappa shape index (κ1) is 14.8. The molecule has 0 radical (unpaired) electrons. The topological polar surface area (TPSA) is 17.1 Å². The SMILES string of the molecule is O=C(C1c2cc(Br)ccc2-c2ccc(Br)cc21)C(F)(F)F. The summed E-state index contributed by atoms with van der Waals surface area (Å²) in [4.78, 5) is 11.9. The highest BCUT2D eigenvalue weighted by Gasteiger charge is 2.47. The van der Waals surface area contributed by atoms with Crippen molar-refractivity contribution in [3.05, 3.63) is 56.5 Å². The molecule has 0 spiro atoms. The van der Waals surface area contributed by atoms with Crippen LogP contribution in [0.2, 0.25) is 0 Å². The molecule has 0 saturated heterocycles. The first-order chi connectivity index (χ1) is 9.79. The highest BCUT2D eigenvalue weighted by molar-refractivity contribution is 9.10. The van der Waals surface area contributed by atoms with Crippen molar-refractivity contribution in [2.75, 3.05) is 0 Å². The molecule has 1 aliphatic rings. The third-order valence-electron chi connectivity index (χ3n) is 3.48. The number of hydrogen-bond acceptors (Lipinski definition) is 1. The van der Waals surface area contributed by atoms with Crippen molar-refractivity contribution >= 4 is 37.6 Å². The first-order valence-corrected chi connectivity index (χ1v) is 7.58. The molecule has 1 aliphatic carbocycles. The van der Waals surface area contributed by atoms with Gasteiger partial charge in [-0.2, -0.15) is 13.2 Å². The number of hydrogen-bond donors (Lipinski definition) is 0. The zero-order chi connectivity index (χ0) is 15.4. The molecule has 0 fully saturated rings. The van der Waals surface area contributed by atoms with Crippen molar-refractivity contribution in [3.8, 4) is 11.1 Å². The van der Waals surface area contributed by atoms with E-state index in [0.29, 0.717) is 31.2 Å². The van der Waals surface area contributed by atoms with E-state index in [9.17, 15) is 18.0 Å². The van der Waals surface area contributed by atoms with Crippen molar-refractivity contribution in [1.29, 1.82) is 0 Å². The second kappa shape index (κ2) is 4.95. The third kappa shape index (κ3) is 2.44. The molecule has 6 heteroatoms. The number of carbonyl (C=O) groups is 1. The molecule has 3 rings (SSSR count). The van der Waals surface area contributed by atoms with E-state index in [2.05, 4.69) is 31.9 Å². The molecule has 0 saturated carbocycles. The van der Waals surface area contributed by atoms with Crippen molar-refractivity contribution in [2.24, 2.45) is 0 Å². The number of alkyl halides is 3. The maximum Gasteiger partial charge on any atom is 0.450 e. The van der Waals surface area contributed by atoms with Crippen LogP contribution in [0.5, 0.6) is 0 Å². The van der Waals surface area contributed by atoms with Crippen LogP contribution in [0.1, 0.15) is 17.0 Å². The van der Waals surface area contributed by atoms with Crippen LogP contribution in [0, 0.1) is 0 Å². The quantitative estimate of drug-likeness (QED) is 0.600. The van der Waals surface area contributed by atoms with Gasteiger partial charge in [-0.05, 0) is 46.5 Å². The van der Waals surface area contributed by atoms with Crippen LogP contribution in [0.15, 0.2) is 45.3 Å².